The van der Waals surface area contributed by atoms with Crippen LogP contribution in [-0.4, -0.2) is 40.5 Å². The zero-order valence-corrected chi connectivity index (χ0v) is 11.0. The van der Waals surface area contributed by atoms with E-state index >= 15 is 0 Å². The number of benzene rings is 1. The molecule has 1 atom stereocenters. The van der Waals surface area contributed by atoms with Gasteiger partial charge in [-0.25, -0.2) is 4.99 Å². The number of amides is 2. The highest BCUT2D eigenvalue weighted by molar-refractivity contribution is 6.07. The van der Waals surface area contributed by atoms with Gasteiger partial charge in [-0.15, -0.1) is 0 Å². The zero-order valence-electron chi connectivity index (χ0n) is 11.0. The van der Waals surface area contributed by atoms with Gasteiger partial charge >= 0.3 is 0 Å². The van der Waals surface area contributed by atoms with Gasteiger partial charge in [-0.05, 0) is 18.6 Å². The van der Waals surface area contributed by atoms with Crippen molar-refractivity contribution in [2.24, 2.45) is 4.99 Å². The van der Waals surface area contributed by atoms with Gasteiger partial charge in [0.05, 0.1) is 12.1 Å². The number of imide groups is 1. The van der Waals surface area contributed by atoms with Crippen molar-refractivity contribution in [3.8, 4) is 0 Å². The molecule has 0 aliphatic carbocycles. The van der Waals surface area contributed by atoms with Crippen molar-refractivity contribution in [2.45, 2.75) is 25.9 Å². The first-order valence-electron chi connectivity index (χ1n) is 6.28. The lowest BCUT2D eigenvalue weighted by Crippen LogP contribution is -2.44. The van der Waals surface area contributed by atoms with Crippen molar-refractivity contribution in [3.05, 3.63) is 29.8 Å². The van der Waals surface area contributed by atoms with Crippen LogP contribution in [0.4, 0.5) is 5.69 Å². The number of carbonyl (C=O) groups excluding carboxylic acids is 2. The summed E-state index contributed by atoms with van der Waals surface area (Å²) in [6, 6.07) is 7.46. The van der Waals surface area contributed by atoms with E-state index in [-0.39, 0.29) is 18.2 Å². The van der Waals surface area contributed by atoms with Crippen LogP contribution in [0.3, 0.4) is 0 Å². The Balaban J connectivity index is 1.93. The molecule has 1 aromatic carbocycles. The fourth-order valence-corrected chi connectivity index (χ4v) is 2.61. The first-order valence-corrected chi connectivity index (χ1v) is 6.28. The summed E-state index contributed by atoms with van der Waals surface area (Å²) >= 11 is 0. The predicted molar refractivity (Wildman–Crippen MR) is 70.9 cm³/mol. The molecular formula is C14H15N3O2. The molecule has 0 spiro atoms. The number of hydrogen-bond donors (Lipinski definition) is 0. The molecule has 0 radical (unpaired) electrons. The van der Waals surface area contributed by atoms with Gasteiger partial charge < -0.3 is 4.90 Å². The van der Waals surface area contributed by atoms with E-state index in [0.29, 0.717) is 6.54 Å². The average Bonchev–Trinajstić information content (AvgIpc) is 2.66. The summed E-state index contributed by atoms with van der Waals surface area (Å²) in [5.74, 6) is 0.528. The Morgan fingerprint density at radius 3 is 2.68 bits per heavy atom. The van der Waals surface area contributed by atoms with Crippen molar-refractivity contribution in [3.63, 3.8) is 0 Å². The van der Waals surface area contributed by atoms with Gasteiger partial charge in [0.1, 0.15) is 11.9 Å². The molecule has 2 aliphatic rings. The van der Waals surface area contributed by atoms with E-state index in [4.69, 9.17) is 0 Å². The van der Waals surface area contributed by atoms with Crippen molar-refractivity contribution in [1.29, 1.82) is 0 Å². The summed E-state index contributed by atoms with van der Waals surface area (Å²) in [7, 11) is 1.54. The molecule has 5 heteroatoms. The molecule has 0 aromatic heterocycles. The van der Waals surface area contributed by atoms with Crippen LogP contribution in [0.1, 0.15) is 18.9 Å². The lowest BCUT2D eigenvalue weighted by Gasteiger charge is -2.32. The van der Waals surface area contributed by atoms with Gasteiger partial charge in [0.15, 0.2) is 0 Å². The molecule has 98 valence electrons. The highest BCUT2D eigenvalue weighted by Gasteiger charge is 2.41. The SMILES string of the molecule is CC1=Nc2ccccc2CN1C1CC(=O)N(C)C1=O. The summed E-state index contributed by atoms with van der Waals surface area (Å²) in [4.78, 5) is 31.4. The molecule has 1 unspecified atom stereocenters. The fraction of sp³-hybridized carbons (Fsp3) is 0.357. The molecule has 0 N–H and O–H groups in total. The molecule has 19 heavy (non-hydrogen) atoms. The third kappa shape index (κ3) is 1.82. The molecule has 3 rings (SSSR count). The quantitative estimate of drug-likeness (QED) is 0.713. The number of amidine groups is 1. The summed E-state index contributed by atoms with van der Waals surface area (Å²) in [5.41, 5.74) is 2.03. The number of likely N-dealkylation sites (tertiary alicyclic amines) is 1. The van der Waals surface area contributed by atoms with Crippen LogP contribution in [0.5, 0.6) is 0 Å². The van der Waals surface area contributed by atoms with Crippen molar-refractivity contribution < 1.29 is 9.59 Å². The third-order valence-electron chi connectivity index (χ3n) is 3.76. The topological polar surface area (TPSA) is 53.0 Å². The minimum Gasteiger partial charge on any atom is -0.343 e. The number of para-hydroxylation sites is 1. The largest absolute Gasteiger partial charge is 0.343 e. The van der Waals surface area contributed by atoms with E-state index < -0.39 is 6.04 Å². The molecule has 1 saturated heterocycles. The molecule has 2 amide bonds. The second kappa shape index (κ2) is 4.19. The van der Waals surface area contributed by atoms with E-state index in [0.717, 1.165) is 17.1 Å². The van der Waals surface area contributed by atoms with Crippen LogP contribution in [0.15, 0.2) is 29.3 Å². The Kier molecular flexibility index (Phi) is 2.62. The molecule has 5 nitrogen and oxygen atoms in total. The number of nitrogens with zero attached hydrogens (tertiary/aromatic N) is 3. The van der Waals surface area contributed by atoms with Gasteiger partial charge in [-0.1, -0.05) is 18.2 Å². The lowest BCUT2D eigenvalue weighted by molar-refractivity contribution is -0.137. The number of fused-ring (bicyclic) bond motifs is 1. The molecule has 2 aliphatic heterocycles. The van der Waals surface area contributed by atoms with Crippen LogP contribution >= 0.6 is 0 Å². The minimum atomic E-state index is -0.408. The molecule has 1 fully saturated rings. The Morgan fingerprint density at radius 2 is 2.00 bits per heavy atom. The van der Waals surface area contributed by atoms with Gasteiger partial charge in [0, 0.05) is 13.6 Å². The Bertz CT molecular complexity index is 594. The van der Waals surface area contributed by atoms with E-state index in [1.807, 2.05) is 36.1 Å². The Labute approximate surface area is 111 Å². The number of likely N-dealkylation sites (N-methyl/N-ethyl adjacent to an activating group) is 1. The Morgan fingerprint density at radius 1 is 1.26 bits per heavy atom. The molecule has 0 saturated carbocycles. The second-order valence-corrected chi connectivity index (χ2v) is 4.93. The van der Waals surface area contributed by atoms with Gasteiger partial charge in [0.25, 0.3) is 5.91 Å². The second-order valence-electron chi connectivity index (χ2n) is 4.93. The van der Waals surface area contributed by atoms with Crippen molar-refractivity contribution in [2.75, 3.05) is 7.05 Å². The Hall–Kier alpha value is -2.17. The number of carbonyl (C=O) groups is 2. The maximum atomic E-state index is 12.1. The van der Waals surface area contributed by atoms with E-state index in [1.54, 1.807) is 0 Å². The van der Waals surface area contributed by atoms with Gasteiger partial charge in [0.2, 0.25) is 5.91 Å². The maximum Gasteiger partial charge on any atom is 0.252 e. The van der Waals surface area contributed by atoms with Crippen LogP contribution in [0, 0.1) is 0 Å². The normalized spacial score (nSPS) is 22.6. The third-order valence-corrected chi connectivity index (χ3v) is 3.76. The number of aliphatic imine (C=N–C) groups is 1. The van der Waals surface area contributed by atoms with Gasteiger partial charge in [-0.2, -0.15) is 0 Å². The standard InChI is InChI=1S/C14H15N3O2/c1-9-15-11-6-4-3-5-10(11)8-17(9)12-7-13(18)16(2)14(12)19/h3-6,12H,7-8H2,1-2H3. The highest BCUT2D eigenvalue weighted by Crippen LogP contribution is 2.29. The highest BCUT2D eigenvalue weighted by atomic mass is 16.2. The van der Waals surface area contributed by atoms with E-state index in [1.165, 1.54) is 11.9 Å². The van der Waals surface area contributed by atoms with Crippen LogP contribution in [0.2, 0.25) is 0 Å². The monoisotopic (exact) mass is 257 g/mol. The molecule has 0 bridgehead atoms. The minimum absolute atomic E-state index is 0.123. The number of rotatable bonds is 1. The number of hydrogen-bond acceptors (Lipinski definition) is 4. The van der Waals surface area contributed by atoms with Crippen LogP contribution in [-0.2, 0) is 16.1 Å². The van der Waals surface area contributed by atoms with Crippen LogP contribution < -0.4 is 0 Å². The molecule has 1 aromatic rings. The van der Waals surface area contributed by atoms with Crippen molar-refractivity contribution >= 4 is 23.3 Å². The molecular weight excluding hydrogens is 242 g/mol. The van der Waals surface area contributed by atoms with Crippen molar-refractivity contribution in [1.82, 2.24) is 9.80 Å². The first-order chi connectivity index (χ1) is 9.08. The smallest absolute Gasteiger partial charge is 0.252 e. The summed E-state index contributed by atoms with van der Waals surface area (Å²) in [5, 5.41) is 0. The molecule has 2 heterocycles. The summed E-state index contributed by atoms with van der Waals surface area (Å²) < 4.78 is 0. The summed E-state index contributed by atoms with van der Waals surface area (Å²) in [6.45, 7) is 2.51. The lowest BCUT2D eigenvalue weighted by atomic mass is 10.1. The maximum absolute atomic E-state index is 12.1. The van der Waals surface area contributed by atoms with E-state index in [2.05, 4.69) is 4.99 Å². The van der Waals surface area contributed by atoms with Gasteiger partial charge in [-0.3, -0.25) is 14.5 Å². The van der Waals surface area contributed by atoms with Crippen LogP contribution in [0.25, 0.3) is 0 Å². The zero-order chi connectivity index (χ0) is 13.6. The summed E-state index contributed by atoms with van der Waals surface area (Å²) in [6.07, 6.45) is 0.240. The van der Waals surface area contributed by atoms with E-state index in [9.17, 15) is 9.59 Å². The predicted octanol–water partition coefficient (Wildman–Crippen LogP) is 1.31. The fourth-order valence-electron chi connectivity index (χ4n) is 2.61. The first kappa shape index (κ1) is 11.9. The average molecular weight is 257 g/mol.